The molecule has 0 radical (unpaired) electrons. The van der Waals surface area contributed by atoms with Gasteiger partial charge in [-0.15, -0.1) is 0 Å². The lowest BCUT2D eigenvalue weighted by Crippen LogP contribution is -2.56. The van der Waals surface area contributed by atoms with Crippen molar-refractivity contribution in [1.29, 1.82) is 0 Å². The number of hydrogen-bond donors (Lipinski definition) is 1. The molecular formula is C20H30N4O4S. The van der Waals surface area contributed by atoms with Gasteiger partial charge in [0, 0.05) is 38.4 Å². The highest BCUT2D eigenvalue weighted by atomic mass is 32.2. The van der Waals surface area contributed by atoms with Gasteiger partial charge in [0.25, 0.3) is 0 Å². The Kier molecular flexibility index (Phi) is 6.79. The predicted molar refractivity (Wildman–Crippen MR) is 112 cm³/mol. The topological polar surface area (TPSA) is 90.0 Å². The van der Waals surface area contributed by atoms with E-state index >= 15 is 0 Å². The Hall–Kier alpha value is -2.13. The number of piperazine rings is 1. The van der Waals surface area contributed by atoms with Gasteiger partial charge in [-0.2, -0.15) is 4.31 Å². The number of anilines is 1. The number of carbonyl (C=O) groups is 2. The number of nitrogens with zero attached hydrogens (tertiary/aromatic N) is 3. The Morgan fingerprint density at radius 2 is 1.79 bits per heavy atom. The third kappa shape index (κ3) is 5.08. The van der Waals surface area contributed by atoms with Crippen LogP contribution in [0.3, 0.4) is 0 Å². The molecule has 1 aromatic carbocycles. The van der Waals surface area contributed by atoms with E-state index in [1.165, 1.54) is 4.31 Å². The smallest absolute Gasteiger partial charge is 0.321 e. The van der Waals surface area contributed by atoms with E-state index < -0.39 is 16.1 Å². The summed E-state index contributed by atoms with van der Waals surface area (Å²) in [5.41, 5.74) is 1.81. The van der Waals surface area contributed by atoms with Crippen molar-refractivity contribution in [3.63, 3.8) is 0 Å². The average molecular weight is 423 g/mol. The summed E-state index contributed by atoms with van der Waals surface area (Å²) >= 11 is 0. The minimum Gasteiger partial charge on any atom is -0.338 e. The molecule has 0 bridgehead atoms. The van der Waals surface area contributed by atoms with Crippen molar-refractivity contribution in [1.82, 2.24) is 14.1 Å². The molecule has 3 rings (SSSR count). The highest BCUT2D eigenvalue weighted by molar-refractivity contribution is 7.89. The highest BCUT2D eigenvalue weighted by Crippen LogP contribution is 2.24. The van der Waals surface area contributed by atoms with Gasteiger partial charge < -0.3 is 15.1 Å². The van der Waals surface area contributed by atoms with E-state index in [9.17, 15) is 18.0 Å². The van der Waals surface area contributed by atoms with Gasteiger partial charge in [-0.3, -0.25) is 4.79 Å². The van der Waals surface area contributed by atoms with Crippen molar-refractivity contribution < 1.29 is 18.0 Å². The molecule has 1 unspecified atom stereocenters. The number of hydrogen-bond acceptors (Lipinski definition) is 4. The summed E-state index contributed by atoms with van der Waals surface area (Å²) in [7, 11) is -3.39. The molecule has 2 heterocycles. The zero-order chi connectivity index (χ0) is 21.0. The largest absolute Gasteiger partial charge is 0.338 e. The number of carbonyl (C=O) groups excluding carboxylic acids is 2. The maximum absolute atomic E-state index is 13.0. The Balaban J connectivity index is 1.56. The maximum Gasteiger partial charge on any atom is 0.321 e. The minimum atomic E-state index is -3.39. The van der Waals surface area contributed by atoms with Crippen LogP contribution in [0.15, 0.2) is 24.3 Å². The van der Waals surface area contributed by atoms with Gasteiger partial charge in [0.05, 0.1) is 5.75 Å². The third-order valence-corrected chi connectivity index (χ3v) is 7.53. The van der Waals surface area contributed by atoms with E-state index in [1.54, 1.807) is 9.80 Å². The molecule has 2 aliphatic heterocycles. The zero-order valence-corrected chi connectivity index (χ0v) is 18.0. The quantitative estimate of drug-likeness (QED) is 0.784. The van der Waals surface area contributed by atoms with Crippen molar-refractivity contribution in [2.24, 2.45) is 0 Å². The van der Waals surface area contributed by atoms with Crippen LogP contribution in [0, 0.1) is 6.92 Å². The minimum absolute atomic E-state index is 0.0731. The second-order valence-corrected chi connectivity index (χ2v) is 9.74. The van der Waals surface area contributed by atoms with E-state index in [1.807, 2.05) is 38.1 Å². The first-order valence-electron chi connectivity index (χ1n) is 10.2. The number of aryl methyl sites for hydroxylation is 1. The van der Waals surface area contributed by atoms with Crippen LogP contribution in [0.5, 0.6) is 0 Å². The molecule has 0 aliphatic carbocycles. The first kappa shape index (κ1) is 21.6. The molecule has 1 aromatic rings. The van der Waals surface area contributed by atoms with Gasteiger partial charge in [0.15, 0.2) is 0 Å². The van der Waals surface area contributed by atoms with Crippen LogP contribution in [0.1, 0.15) is 31.7 Å². The summed E-state index contributed by atoms with van der Waals surface area (Å²) < 4.78 is 26.3. The lowest BCUT2D eigenvalue weighted by atomic mass is 10.2. The molecule has 2 saturated heterocycles. The summed E-state index contributed by atoms with van der Waals surface area (Å²) in [6, 6.07) is 6.82. The van der Waals surface area contributed by atoms with Crippen LogP contribution >= 0.6 is 0 Å². The van der Waals surface area contributed by atoms with Crippen molar-refractivity contribution in [3.05, 3.63) is 29.8 Å². The van der Waals surface area contributed by atoms with Gasteiger partial charge >= 0.3 is 6.03 Å². The molecule has 0 spiro atoms. The fraction of sp³-hybridized carbons (Fsp3) is 0.600. The van der Waals surface area contributed by atoms with Crippen molar-refractivity contribution in [2.75, 3.05) is 43.8 Å². The van der Waals surface area contributed by atoms with E-state index in [0.29, 0.717) is 52.0 Å². The SMILES string of the molecule is CCCS(=O)(=O)N1CCCC1C(=O)N1CCN(C(=O)Nc2cccc(C)c2)CC1. The van der Waals surface area contributed by atoms with Gasteiger partial charge in [-0.1, -0.05) is 19.1 Å². The molecule has 29 heavy (non-hydrogen) atoms. The molecule has 1 atom stereocenters. The average Bonchev–Trinajstić information content (AvgIpc) is 3.18. The number of nitrogens with one attached hydrogen (secondary N) is 1. The van der Waals surface area contributed by atoms with E-state index in [0.717, 1.165) is 11.3 Å². The van der Waals surface area contributed by atoms with Gasteiger partial charge in [0.2, 0.25) is 15.9 Å². The van der Waals surface area contributed by atoms with Gasteiger partial charge in [0.1, 0.15) is 6.04 Å². The number of benzene rings is 1. The van der Waals surface area contributed by atoms with Crippen LogP contribution < -0.4 is 5.32 Å². The summed E-state index contributed by atoms with van der Waals surface area (Å²) in [6.45, 7) is 5.89. The van der Waals surface area contributed by atoms with Gasteiger partial charge in [-0.05, 0) is 43.9 Å². The lowest BCUT2D eigenvalue weighted by molar-refractivity contribution is -0.136. The summed E-state index contributed by atoms with van der Waals surface area (Å²) in [6.07, 6.45) is 1.81. The van der Waals surface area contributed by atoms with Crippen LogP contribution in [-0.4, -0.2) is 79.0 Å². The van der Waals surface area contributed by atoms with Crippen LogP contribution in [-0.2, 0) is 14.8 Å². The summed E-state index contributed by atoms with van der Waals surface area (Å²) in [5, 5.41) is 2.89. The molecule has 9 heteroatoms. The van der Waals surface area contributed by atoms with E-state index in [4.69, 9.17) is 0 Å². The van der Waals surface area contributed by atoms with Gasteiger partial charge in [-0.25, -0.2) is 13.2 Å². The monoisotopic (exact) mass is 422 g/mol. The predicted octanol–water partition coefficient (Wildman–Crippen LogP) is 1.88. The van der Waals surface area contributed by atoms with Crippen molar-refractivity contribution in [2.45, 2.75) is 39.2 Å². The molecule has 3 amide bonds. The normalized spacial score (nSPS) is 20.7. The fourth-order valence-electron chi connectivity index (χ4n) is 3.96. The van der Waals surface area contributed by atoms with Crippen molar-refractivity contribution >= 4 is 27.6 Å². The van der Waals surface area contributed by atoms with Crippen LogP contribution in [0.2, 0.25) is 0 Å². The Morgan fingerprint density at radius 3 is 2.45 bits per heavy atom. The molecule has 0 aromatic heterocycles. The van der Waals surface area contributed by atoms with E-state index in [-0.39, 0.29) is 17.7 Å². The molecule has 8 nitrogen and oxygen atoms in total. The molecular weight excluding hydrogens is 392 g/mol. The zero-order valence-electron chi connectivity index (χ0n) is 17.1. The lowest BCUT2D eigenvalue weighted by Gasteiger charge is -2.37. The standard InChI is InChI=1S/C20H30N4O4S/c1-3-14-29(27,28)24-9-5-8-18(24)19(25)22-10-12-23(13-11-22)20(26)21-17-7-4-6-16(2)15-17/h4,6-7,15,18H,3,5,8-14H2,1-2H3,(H,21,26). The molecule has 2 aliphatic rings. The second-order valence-electron chi connectivity index (χ2n) is 7.70. The fourth-order valence-corrected chi connectivity index (χ4v) is 5.70. The Bertz CT molecular complexity index is 850. The summed E-state index contributed by atoms with van der Waals surface area (Å²) in [5.74, 6) is -0.0649. The van der Waals surface area contributed by atoms with Crippen molar-refractivity contribution in [3.8, 4) is 0 Å². The first-order valence-corrected chi connectivity index (χ1v) is 11.8. The second kappa shape index (κ2) is 9.13. The highest BCUT2D eigenvalue weighted by Gasteiger charge is 2.40. The molecule has 0 saturated carbocycles. The van der Waals surface area contributed by atoms with Crippen LogP contribution in [0.25, 0.3) is 0 Å². The molecule has 2 fully saturated rings. The van der Waals surface area contributed by atoms with E-state index in [2.05, 4.69) is 5.32 Å². The third-order valence-electron chi connectivity index (χ3n) is 5.46. The van der Waals surface area contributed by atoms with Crippen LogP contribution in [0.4, 0.5) is 10.5 Å². The number of amides is 3. The summed E-state index contributed by atoms with van der Waals surface area (Å²) in [4.78, 5) is 28.8. The number of sulfonamides is 1. The molecule has 160 valence electrons. The number of rotatable bonds is 5. The Morgan fingerprint density at radius 1 is 1.10 bits per heavy atom. The Labute approximate surface area is 172 Å². The number of urea groups is 1. The maximum atomic E-state index is 13.0. The molecule has 1 N–H and O–H groups in total. The first-order chi connectivity index (χ1) is 13.8.